The van der Waals surface area contributed by atoms with E-state index in [9.17, 15) is 0 Å². The number of anilines is 7. The molecule has 2 aliphatic carbocycles. The van der Waals surface area contributed by atoms with Gasteiger partial charge >= 0.3 is 0 Å². The Morgan fingerprint density at radius 3 is 1.58 bits per heavy atom. The molecule has 0 aromatic heterocycles. The van der Waals surface area contributed by atoms with Crippen molar-refractivity contribution in [1.82, 2.24) is 0 Å². The molecule has 0 bridgehead atoms. The molecule has 4 atom stereocenters. The van der Waals surface area contributed by atoms with Gasteiger partial charge < -0.3 is 14.7 Å². The SMILES string of the molecule is CC12CCCCC1(C)N(c1cc3c4c(c1)N1c5c(cc([Si](C)(C)C)cc5C5(c6ccccc6)CCCCC15C)B4c1cc(-c4ccccc4)ccc1N3c1ccc(-c3ccccc3)cc1)c1ccc(-c3ccccc3)cc12. The molecule has 15 rings (SSSR count). The van der Waals surface area contributed by atoms with Crippen molar-refractivity contribution in [3.8, 4) is 33.4 Å². The molecule has 2 fully saturated rings. The summed E-state index contributed by atoms with van der Waals surface area (Å²) in [5, 5.41) is 1.56. The van der Waals surface area contributed by atoms with Gasteiger partial charge in [0.2, 0.25) is 0 Å². The lowest BCUT2D eigenvalue weighted by molar-refractivity contribution is 0.195. The van der Waals surface area contributed by atoms with Crippen LogP contribution in [0.4, 0.5) is 39.8 Å². The highest BCUT2D eigenvalue weighted by atomic mass is 28.3. The van der Waals surface area contributed by atoms with Gasteiger partial charge in [-0.3, -0.25) is 0 Å². The summed E-state index contributed by atoms with van der Waals surface area (Å²) in [5.74, 6) is 0. The summed E-state index contributed by atoms with van der Waals surface area (Å²) in [6, 6.07) is 80.1. The maximum absolute atomic E-state index is 2.98. The maximum Gasteiger partial charge on any atom is 0.252 e. The molecule has 0 saturated heterocycles. The predicted octanol–water partition coefficient (Wildman–Crippen LogP) is 16.4. The smallest absolute Gasteiger partial charge is 0.252 e. The average molecular weight is 1010 g/mol. The quantitative estimate of drug-likeness (QED) is 0.147. The predicted molar refractivity (Wildman–Crippen MR) is 331 cm³/mol. The molecule has 0 N–H and O–H groups in total. The Balaban J connectivity index is 1.06. The van der Waals surface area contributed by atoms with Crippen molar-refractivity contribution in [1.29, 1.82) is 0 Å². The summed E-state index contributed by atoms with van der Waals surface area (Å²) in [5.41, 5.74) is 25.0. The van der Waals surface area contributed by atoms with Crippen molar-refractivity contribution in [2.24, 2.45) is 0 Å². The minimum Gasteiger partial charge on any atom is -0.335 e. The molecule has 2 saturated carbocycles. The zero-order valence-electron chi connectivity index (χ0n) is 45.7. The zero-order valence-corrected chi connectivity index (χ0v) is 46.7. The fraction of sp³-hybridized carbons (Fsp3) is 0.250. The van der Waals surface area contributed by atoms with Gasteiger partial charge in [-0.15, -0.1) is 0 Å². The molecule has 4 aliphatic heterocycles. The van der Waals surface area contributed by atoms with Gasteiger partial charge in [-0.25, -0.2) is 0 Å². The summed E-state index contributed by atoms with van der Waals surface area (Å²) in [4.78, 5) is 8.52. The van der Waals surface area contributed by atoms with Crippen LogP contribution in [-0.4, -0.2) is 25.9 Å². The van der Waals surface area contributed by atoms with Gasteiger partial charge in [0.25, 0.3) is 6.71 Å². The lowest BCUT2D eigenvalue weighted by Crippen LogP contribution is -2.65. The third kappa shape index (κ3) is 6.50. The van der Waals surface area contributed by atoms with Gasteiger partial charge in [0.15, 0.2) is 0 Å². The highest BCUT2D eigenvalue weighted by Gasteiger charge is 2.65. The van der Waals surface area contributed by atoms with Crippen LogP contribution in [0, 0.1) is 0 Å². The molecule has 77 heavy (non-hydrogen) atoms. The molecule has 378 valence electrons. The zero-order chi connectivity index (χ0) is 52.1. The first-order chi connectivity index (χ1) is 37.4. The van der Waals surface area contributed by atoms with E-state index in [-0.39, 0.29) is 28.6 Å². The lowest BCUT2D eigenvalue weighted by Gasteiger charge is -2.54. The van der Waals surface area contributed by atoms with E-state index < -0.39 is 8.07 Å². The fourth-order valence-corrected chi connectivity index (χ4v) is 17.6. The van der Waals surface area contributed by atoms with E-state index in [2.05, 4.69) is 261 Å². The van der Waals surface area contributed by atoms with Crippen molar-refractivity contribution >= 4 is 76.2 Å². The standard InChI is InChI=1S/C72H68BN3Si/c1-69-39-19-20-40-70(69,2)75(63-37-33-53(43-59(63)69)50-25-13-8-14-26-50)57-45-65-67-66(46-57)76-68-60(72(55-29-17-10-18-30-55)42-22-21-41-71(72,76)3)47-58(77(4,5)6)48-62(68)73(67)61-44-54(51-27-15-9-16-28-51)34-38-64(61)74(65)56-35-31-52(32-36-56)49-23-11-7-12-24-49/h7-18,23-38,43-48H,19-22,39-42H2,1-6H3. The van der Waals surface area contributed by atoms with Crippen LogP contribution in [0.5, 0.6) is 0 Å². The molecule has 5 heteroatoms. The monoisotopic (exact) mass is 1010 g/mol. The lowest BCUT2D eigenvalue weighted by atomic mass is 9.33. The Labute approximate surface area is 458 Å². The van der Waals surface area contributed by atoms with E-state index in [1.54, 1.807) is 10.8 Å². The normalized spacial score (nSPS) is 23.4. The molecule has 6 aliphatic rings. The third-order valence-corrected chi connectivity index (χ3v) is 22.4. The second kappa shape index (κ2) is 16.8. The van der Waals surface area contributed by atoms with E-state index in [0.29, 0.717) is 0 Å². The highest BCUT2D eigenvalue weighted by molar-refractivity contribution is 7.01. The van der Waals surface area contributed by atoms with E-state index in [1.165, 1.54) is 133 Å². The molecule has 9 aromatic carbocycles. The van der Waals surface area contributed by atoms with Gasteiger partial charge in [0, 0.05) is 50.6 Å². The number of rotatable bonds is 7. The maximum atomic E-state index is 2.98. The summed E-state index contributed by atoms with van der Waals surface area (Å²) in [7, 11) is -1.87. The summed E-state index contributed by atoms with van der Waals surface area (Å²) >= 11 is 0. The Bertz CT molecular complexity index is 3820. The van der Waals surface area contributed by atoms with Gasteiger partial charge in [-0.2, -0.15) is 0 Å². The molecule has 4 heterocycles. The largest absolute Gasteiger partial charge is 0.335 e. The van der Waals surface area contributed by atoms with Crippen LogP contribution in [-0.2, 0) is 10.8 Å². The highest BCUT2D eigenvalue weighted by Crippen LogP contribution is 2.66. The molecular weight excluding hydrogens is 946 g/mol. The van der Waals surface area contributed by atoms with Gasteiger partial charge in [-0.1, -0.05) is 221 Å². The van der Waals surface area contributed by atoms with Crippen molar-refractivity contribution in [2.45, 2.75) is 114 Å². The van der Waals surface area contributed by atoms with Gasteiger partial charge in [-0.05, 0) is 148 Å². The number of nitrogens with zero attached hydrogens (tertiary/aromatic N) is 3. The van der Waals surface area contributed by atoms with E-state index in [0.717, 1.165) is 19.3 Å². The van der Waals surface area contributed by atoms with E-state index in [4.69, 9.17) is 0 Å². The number of hydrogen-bond acceptors (Lipinski definition) is 3. The Hall–Kier alpha value is -7.34. The molecule has 0 spiro atoms. The van der Waals surface area contributed by atoms with Crippen molar-refractivity contribution in [2.75, 3.05) is 14.7 Å². The summed E-state index contributed by atoms with van der Waals surface area (Å²) in [6.07, 6.45) is 9.44. The van der Waals surface area contributed by atoms with Crippen LogP contribution in [0.2, 0.25) is 19.6 Å². The van der Waals surface area contributed by atoms with Crippen molar-refractivity contribution < 1.29 is 0 Å². The summed E-state index contributed by atoms with van der Waals surface area (Å²) in [6.45, 7) is 15.6. The molecule has 0 radical (unpaired) electrons. The van der Waals surface area contributed by atoms with Crippen molar-refractivity contribution in [3.05, 3.63) is 223 Å². The first-order valence-corrected chi connectivity index (χ1v) is 32.3. The number of hydrogen-bond donors (Lipinski definition) is 0. The topological polar surface area (TPSA) is 9.72 Å². The van der Waals surface area contributed by atoms with Crippen molar-refractivity contribution in [3.63, 3.8) is 0 Å². The Morgan fingerprint density at radius 1 is 0.403 bits per heavy atom. The van der Waals surface area contributed by atoms with Crippen LogP contribution >= 0.6 is 0 Å². The minimum absolute atomic E-state index is 0.0141. The molecule has 4 unspecified atom stereocenters. The van der Waals surface area contributed by atoms with Crippen LogP contribution < -0.4 is 36.3 Å². The minimum atomic E-state index is -1.87. The number of fused-ring (bicyclic) bond motifs is 10. The van der Waals surface area contributed by atoms with Crippen LogP contribution in [0.25, 0.3) is 33.4 Å². The Kier molecular flexibility index (Phi) is 10.3. The number of benzene rings is 9. The average Bonchev–Trinajstić information content (AvgIpc) is 4.05. The van der Waals surface area contributed by atoms with Gasteiger partial charge in [0.1, 0.15) is 0 Å². The van der Waals surface area contributed by atoms with Gasteiger partial charge in [0.05, 0.1) is 19.2 Å². The molecule has 3 nitrogen and oxygen atoms in total. The molecule has 0 amide bonds. The fourth-order valence-electron chi connectivity index (χ4n) is 16.4. The first kappa shape index (κ1) is 46.9. The second-order valence-electron chi connectivity index (χ2n) is 25.3. The summed E-state index contributed by atoms with van der Waals surface area (Å²) < 4.78 is 0. The molecular formula is C72H68BN3Si. The van der Waals surface area contributed by atoms with Crippen LogP contribution in [0.3, 0.4) is 0 Å². The molecule has 9 aromatic rings. The van der Waals surface area contributed by atoms with Crippen LogP contribution in [0.15, 0.2) is 206 Å². The van der Waals surface area contributed by atoms with E-state index >= 15 is 0 Å². The van der Waals surface area contributed by atoms with Crippen LogP contribution in [0.1, 0.15) is 88.8 Å². The van der Waals surface area contributed by atoms with E-state index in [1.807, 2.05) is 0 Å². The first-order valence-electron chi connectivity index (χ1n) is 28.8. The third-order valence-electron chi connectivity index (χ3n) is 20.4. The Morgan fingerprint density at radius 2 is 0.935 bits per heavy atom. The second-order valence-corrected chi connectivity index (χ2v) is 30.3.